The summed E-state index contributed by atoms with van der Waals surface area (Å²) < 4.78 is 29.0. The third kappa shape index (κ3) is 9.75. The summed E-state index contributed by atoms with van der Waals surface area (Å²) in [6.45, 7) is 9.09. The molecule has 7 aromatic heterocycles. The van der Waals surface area contributed by atoms with Crippen LogP contribution in [0, 0.1) is 6.92 Å². The van der Waals surface area contributed by atoms with Crippen molar-refractivity contribution in [3.63, 3.8) is 0 Å². The molecule has 0 spiro atoms. The van der Waals surface area contributed by atoms with Crippen LogP contribution < -0.4 is 39.6 Å². The van der Waals surface area contributed by atoms with Gasteiger partial charge in [-0.25, -0.2) is 24.7 Å². The highest BCUT2D eigenvalue weighted by atomic mass is 16.5. The van der Waals surface area contributed by atoms with Crippen LogP contribution in [0.3, 0.4) is 0 Å². The number of nitrogen functional groups attached to an aromatic ring is 3. The molecule has 0 aromatic carbocycles. The average molecular weight is 947 g/mol. The fourth-order valence-corrected chi connectivity index (χ4v) is 8.23. The smallest absolute Gasteiger partial charge is 0.330 e. The molecule has 27 nitrogen and oxygen atoms in total. The van der Waals surface area contributed by atoms with Crippen LogP contribution in [0.1, 0.15) is 90.3 Å². The van der Waals surface area contributed by atoms with Crippen molar-refractivity contribution in [1.82, 2.24) is 63.1 Å². The summed E-state index contributed by atoms with van der Waals surface area (Å²) in [5.41, 5.74) is 18.1. The summed E-state index contributed by atoms with van der Waals surface area (Å²) in [6.07, 6.45) is 7.76. The highest BCUT2D eigenvalue weighted by Gasteiger charge is 2.35. The highest BCUT2D eigenvalue weighted by Crippen LogP contribution is 2.33. The average Bonchev–Trinajstić information content (AvgIpc) is 4.16. The predicted molar refractivity (Wildman–Crippen MR) is 243 cm³/mol. The van der Waals surface area contributed by atoms with Crippen LogP contribution in [0.2, 0.25) is 0 Å². The van der Waals surface area contributed by atoms with Gasteiger partial charge in [-0.3, -0.25) is 43.0 Å². The first kappa shape index (κ1) is 47.6. The van der Waals surface area contributed by atoms with Crippen LogP contribution in [0.4, 0.5) is 17.7 Å². The Labute approximate surface area is 383 Å². The second-order valence-corrected chi connectivity index (χ2v) is 17.0. The first-order valence-corrected chi connectivity index (χ1v) is 21.9. The third-order valence-corrected chi connectivity index (χ3v) is 12.1. The molecule has 4 aliphatic rings. The molecule has 27 heteroatoms. The maximum Gasteiger partial charge on any atom is 0.330 e. The van der Waals surface area contributed by atoms with Gasteiger partial charge >= 0.3 is 5.69 Å². The van der Waals surface area contributed by atoms with Crippen LogP contribution in [0.5, 0.6) is 0 Å². The number of H-pyrrole nitrogens is 3. The van der Waals surface area contributed by atoms with Crippen LogP contribution in [-0.2, 0) is 18.9 Å². The van der Waals surface area contributed by atoms with Gasteiger partial charge in [0.05, 0.1) is 60.8 Å². The van der Waals surface area contributed by atoms with E-state index in [-0.39, 0.29) is 83.4 Å². The predicted octanol–water partition coefficient (Wildman–Crippen LogP) is -0.0355. The Morgan fingerprint density at radius 1 is 0.603 bits per heavy atom. The minimum Gasteiger partial charge on any atom is -0.390 e. The Morgan fingerprint density at radius 3 is 1.71 bits per heavy atom. The molecule has 11 heterocycles. The lowest BCUT2D eigenvalue weighted by molar-refractivity contribution is -0.00639. The van der Waals surface area contributed by atoms with Gasteiger partial charge in [0.15, 0.2) is 28.3 Å². The quantitative estimate of drug-likeness (QED) is 0.112. The molecule has 12 N–H and O–H groups in total. The molecule has 0 bridgehead atoms. The number of ether oxygens (including phenoxy) is 4. The first-order valence-electron chi connectivity index (χ1n) is 21.9. The summed E-state index contributed by atoms with van der Waals surface area (Å²) in [6, 6.07) is 1.67. The number of imidazole rings is 2. The summed E-state index contributed by atoms with van der Waals surface area (Å²) in [5.74, 6) is 0.445. The lowest BCUT2D eigenvalue weighted by Gasteiger charge is -2.14. The molecule has 4 aliphatic heterocycles. The topological polar surface area (TPSA) is 388 Å². The SMILES string of the molecule is C[C@H]1O[C@@H](n2ccc3c(=O)[nH]c(N)nc32)C[C@H]1O.C[C@H]1O[C@@H](n2cnc3c(=O)[nH]c(N)nc32)C[C@H]1O.C[C@H]1O[C@@H](n2cnc3c(N)ncnc32)C[C@H]1O.Cc1cn([C@H]2CC[C@@H](C)O2)c(=O)[nH]c1=O. The number of aromatic amines is 3. The van der Waals surface area contributed by atoms with E-state index in [1.807, 2.05) is 20.8 Å². The Balaban J connectivity index is 0.000000123. The number of aliphatic hydroxyl groups excluding tert-OH is 3. The zero-order chi connectivity index (χ0) is 48.7. The van der Waals surface area contributed by atoms with E-state index in [1.165, 1.54) is 17.2 Å². The van der Waals surface area contributed by atoms with Crippen LogP contribution >= 0.6 is 0 Å². The molecule has 0 unspecified atom stereocenters. The largest absolute Gasteiger partial charge is 0.390 e. The lowest BCUT2D eigenvalue weighted by atomic mass is 10.2. The Kier molecular flexibility index (Phi) is 13.6. The molecule has 7 aromatic rings. The van der Waals surface area contributed by atoms with Crippen LogP contribution in [0.25, 0.3) is 33.4 Å². The van der Waals surface area contributed by atoms with E-state index < -0.39 is 24.0 Å². The van der Waals surface area contributed by atoms with Crippen LogP contribution in [-0.4, -0.2) is 121 Å². The van der Waals surface area contributed by atoms with E-state index in [4.69, 9.17) is 36.1 Å². The number of aryl methyl sites for hydroxylation is 1. The van der Waals surface area contributed by atoms with Crippen molar-refractivity contribution in [2.75, 3.05) is 17.2 Å². The number of nitrogens with one attached hydrogen (secondary N) is 3. The van der Waals surface area contributed by atoms with Crippen molar-refractivity contribution in [3.05, 3.63) is 84.6 Å². The van der Waals surface area contributed by atoms with E-state index in [0.717, 1.165) is 12.8 Å². The molecule has 68 heavy (non-hydrogen) atoms. The van der Waals surface area contributed by atoms with Crippen molar-refractivity contribution >= 4 is 51.1 Å². The fraction of sp³-hybridized carbons (Fsp3) is 0.512. The van der Waals surface area contributed by atoms with Gasteiger partial charge in [0.1, 0.15) is 36.8 Å². The van der Waals surface area contributed by atoms with Gasteiger partial charge in [0, 0.05) is 37.2 Å². The minimum absolute atomic E-state index is 0.0286. The molecule has 11 atom stereocenters. The number of nitrogens with two attached hydrogens (primary N) is 3. The fourth-order valence-electron chi connectivity index (χ4n) is 8.23. The van der Waals surface area contributed by atoms with Gasteiger partial charge in [0.25, 0.3) is 16.7 Å². The normalized spacial score (nSPS) is 27.7. The van der Waals surface area contributed by atoms with Gasteiger partial charge in [-0.1, -0.05) is 0 Å². The van der Waals surface area contributed by atoms with Crippen molar-refractivity contribution in [2.24, 2.45) is 0 Å². The molecule has 364 valence electrons. The third-order valence-electron chi connectivity index (χ3n) is 12.1. The maximum absolute atomic E-state index is 11.7. The number of nitrogens with zero attached hydrogens (tertiary/aromatic N) is 10. The lowest BCUT2D eigenvalue weighted by Crippen LogP contribution is -2.33. The molecule has 0 saturated carbocycles. The number of anilines is 3. The second-order valence-electron chi connectivity index (χ2n) is 17.0. The number of aliphatic hydroxyl groups is 3. The van der Waals surface area contributed by atoms with Gasteiger partial charge < -0.3 is 56.0 Å². The molecule has 0 radical (unpaired) electrons. The molecule has 0 aliphatic carbocycles. The van der Waals surface area contributed by atoms with E-state index in [0.29, 0.717) is 58.5 Å². The molecule has 0 amide bonds. The van der Waals surface area contributed by atoms with E-state index in [9.17, 15) is 34.5 Å². The van der Waals surface area contributed by atoms with E-state index >= 15 is 0 Å². The van der Waals surface area contributed by atoms with Gasteiger partial charge in [-0.2, -0.15) is 9.97 Å². The summed E-state index contributed by atoms with van der Waals surface area (Å²) in [7, 11) is 0. The maximum atomic E-state index is 11.7. The van der Waals surface area contributed by atoms with Gasteiger partial charge in [-0.15, -0.1) is 0 Å². The van der Waals surface area contributed by atoms with Gasteiger partial charge in [-0.05, 0) is 53.5 Å². The molecule has 4 fully saturated rings. The zero-order valence-corrected chi connectivity index (χ0v) is 37.7. The number of aromatic nitrogens is 13. The number of hydrogen-bond acceptors (Lipinski definition) is 20. The summed E-state index contributed by atoms with van der Waals surface area (Å²) in [5, 5.41) is 29.5. The Hall–Kier alpha value is -6.88. The number of rotatable bonds is 4. The van der Waals surface area contributed by atoms with E-state index in [1.54, 1.807) is 52.3 Å². The molecular formula is C41H54N16O11. The van der Waals surface area contributed by atoms with Crippen molar-refractivity contribution in [3.8, 4) is 0 Å². The summed E-state index contributed by atoms with van der Waals surface area (Å²) >= 11 is 0. The molecule has 11 rings (SSSR count). The first-order chi connectivity index (χ1) is 32.4. The Morgan fingerprint density at radius 2 is 1.15 bits per heavy atom. The molecular weight excluding hydrogens is 893 g/mol. The molecule has 4 saturated heterocycles. The van der Waals surface area contributed by atoms with Crippen molar-refractivity contribution in [2.45, 2.75) is 134 Å². The standard InChI is InChI=1S/C11H14N4O3.C10H13N5O3.C10H13N5O2.C10H14N2O3/c1-5-7(16)4-8(18-5)15-3-2-6-9(15)13-11(12)14-10(6)17;1-4-5(16)2-6(18-4)15-3-12-7-8(15)13-10(11)14-9(7)17;1-5-6(16)2-7(17-5)15-4-14-8-9(11)12-3-13-10(8)15;1-6-5-12(10(14)11-9(6)13)8-4-3-7(2)15-8/h2-3,5,7-8,16H,4H2,1H3,(H3,12,13,14,17);3-6,16H,2H2,1H3,(H3,11,13,14,17);3-7,16H,2H2,1H3,(H2,11,12,13);5,7-8H,3-4H2,1-2H3,(H,11,13,14)/t5-,7-,8-;4-,5-,6-;5-,6-,7-;7-,8-/m1111/s1. The van der Waals surface area contributed by atoms with Crippen LogP contribution in [0.15, 0.2) is 56.6 Å². The Bertz CT molecular complexity index is 3010. The second kappa shape index (κ2) is 19.4. The number of fused-ring (bicyclic) bond motifs is 3. The summed E-state index contributed by atoms with van der Waals surface area (Å²) in [4.78, 5) is 77.4. The van der Waals surface area contributed by atoms with Crippen molar-refractivity contribution < 1.29 is 34.3 Å². The zero-order valence-electron chi connectivity index (χ0n) is 37.7. The van der Waals surface area contributed by atoms with Gasteiger partial charge in [0.2, 0.25) is 11.9 Å². The minimum atomic E-state index is -0.535. The van der Waals surface area contributed by atoms with Crippen molar-refractivity contribution in [1.29, 1.82) is 0 Å². The highest BCUT2D eigenvalue weighted by molar-refractivity contribution is 5.81. The monoisotopic (exact) mass is 946 g/mol. The van der Waals surface area contributed by atoms with E-state index in [2.05, 4.69) is 44.9 Å². The number of hydrogen-bond donors (Lipinski definition) is 9.